The molecule has 1 aromatic rings. The molecule has 0 bridgehead atoms. The van der Waals surface area contributed by atoms with Gasteiger partial charge in [-0.05, 0) is 38.4 Å². The number of likely N-dealkylation sites (N-methyl/N-ethyl adjacent to an activating group) is 1. The number of rotatable bonds is 22. The lowest BCUT2D eigenvalue weighted by Gasteiger charge is -2.33. The van der Waals surface area contributed by atoms with E-state index in [0.717, 1.165) is 70.5 Å². The molecular weight excluding hydrogens is 498 g/mol. The lowest BCUT2D eigenvalue weighted by molar-refractivity contribution is -0.757. The maximum absolute atomic E-state index is 12.5. The van der Waals surface area contributed by atoms with Gasteiger partial charge in [0.2, 0.25) is 0 Å². The van der Waals surface area contributed by atoms with Crippen LogP contribution in [-0.2, 0) is 4.84 Å². The number of hydrogen-bond donors (Lipinski definition) is 1. The number of carbonyl (C=O) groups excluding carboxylic acids is 1. The molecule has 1 aliphatic rings. The van der Waals surface area contributed by atoms with E-state index in [9.17, 15) is 20.1 Å². The molecule has 0 radical (unpaired) electrons. The molecule has 0 aliphatic carbocycles. The minimum Gasteiger partial charge on any atom is -0.626 e. The van der Waals surface area contributed by atoms with E-state index in [4.69, 9.17) is 0 Å². The van der Waals surface area contributed by atoms with Crippen molar-refractivity contribution in [2.45, 2.75) is 103 Å². The number of piperazine rings is 1. The molecule has 10 nitrogen and oxygen atoms in total. The van der Waals surface area contributed by atoms with Crippen molar-refractivity contribution in [3.05, 3.63) is 39.2 Å². The van der Waals surface area contributed by atoms with Gasteiger partial charge in [0.05, 0.1) is 18.7 Å². The highest BCUT2D eigenvalue weighted by atomic mass is 16.9. The second-order valence-electron chi connectivity index (χ2n) is 10.9. The molecule has 1 unspecified atom stereocenters. The van der Waals surface area contributed by atoms with Crippen LogP contribution < -0.4 is 9.96 Å². The molecule has 0 aromatic carbocycles. The molecule has 222 valence electrons. The van der Waals surface area contributed by atoms with Crippen LogP contribution in [-0.4, -0.2) is 67.3 Å². The van der Waals surface area contributed by atoms with Crippen molar-refractivity contribution in [2.24, 2.45) is 0 Å². The van der Waals surface area contributed by atoms with E-state index in [2.05, 4.69) is 26.7 Å². The Labute approximate surface area is 234 Å². The summed E-state index contributed by atoms with van der Waals surface area (Å²) in [7, 11) is 2.11. The molecule has 1 atom stereocenters. The molecule has 1 fully saturated rings. The van der Waals surface area contributed by atoms with Gasteiger partial charge in [0.15, 0.2) is 0 Å². The number of pyridine rings is 1. The Balaban J connectivity index is 1.37. The third kappa shape index (κ3) is 15.2. The molecule has 0 saturated carbocycles. The monoisotopic (exact) mass is 549 g/mol. The Hall–Kier alpha value is -2.30. The van der Waals surface area contributed by atoms with Crippen molar-refractivity contribution in [3.63, 3.8) is 0 Å². The topological polar surface area (TPSA) is 116 Å². The van der Waals surface area contributed by atoms with E-state index in [-0.39, 0.29) is 11.7 Å². The predicted molar refractivity (Wildman–Crippen MR) is 154 cm³/mol. The fraction of sp³-hybridized carbons (Fsp3) is 0.793. The minimum absolute atomic E-state index is 0.221. The van der Waals surface area contributed by atoms with Crippen molar-refractivity contribution in [3.8, 4) is 0 Å². The van der Waals surface area contributed by atoms with Crippen LogP contribution in [0.3, 0.4) is 0 Å². The zero-order chi connectivity index (χ0) is 28.1. The number of nitrogens with one attached hydrogen (secondary N) is 1. The van der Waals surface area contributed by atoms with Crippen molar-refractivity contribution < 1.29 is 19.8 Å². The van der Waals surface area contributed by atoms with Crippen molar-refractivity contribution in [2.75, 3.05) is 51.3 Å². The highest BCUT2D eigenvalue weighted by Crippen LogP contribution is 2.15. The molecule has 2 rings (SSSR count). The summed E-state index contributed by atoms with van der Waals surface area (Å²) < 4.78 is 0. The molecule has 2 heterocycles. The summed E-state index contributed by atoms with van der Waals surface area (Å²) in [6, 6.07) is 3.60. The Morgan fingerprint density at radius 2 is 1.33 bits per heavy atom. The average Bonchev–Trinajstić information content (AvgIpc) is 2.94. The smallest absolute Gasteiger partial charge is 0.345 e. The van der Waals surface area contributed by atoms with Gasteiger partial charge in [-0.15, -0.1) is 10.1 Å². The Morgan fingerprint density at radius 1 is 0.846 bits per heavy atom. The second kappa shape index (κ2) is 20.6. The molecule has 10 heteroatoms. The second-order valence-corrected chi connectivity index (χ2v) is 10.9. The maximum atomic E-state index is 12.5. The minimum atomic E-state index is -0.718. The van der Waals surface area contributed by atoms with E-state index < -0.39 is 11.0 Å². The number of hydroxylamine groups is 2. The van der Waals surface area contributed by atoms with Crippen LogP contribution >= 0.6 is 0 Å². The Kier molecular flexibility index (Phi) is 17.4. The van der Waals surface area contributed by atoms with Crippen LogP contribution in [0.2, 0.25) is 0 Å². The summed E-state index contributed by atoms with van der Waals surface area (Å²) >= 11 is 0. The van der Waals surface area contributed by atoms with E-state index in [1.54, 1.807) is 12.3 Å². The Bertz CT molecular complexity index is 787. The molecular formula is C29H51N5O5. The largest absolute Gasteiger partial charge is 0.626 e. The summed E-state index contributed by atoms with van der Waals surface area (Å²) in [5, 5.41) is 21.4. The fourth-order valence-electron chi connectivity index (χ4n) is 5.02. The molecule has 1 aromatic heterocycles. The van der Waals surface area contributed by atoms with Crippen LogP contribution in [0.1, 0.15) is 113 Å². The van der Waals surface area contributed by atoms with Gasteiger partial charge in [-0.1, -0.05) is 83.5 Å². The number of carbonyl (C=O) groups is 1. The van der Waals surface area contributed by atoms with Gasteiger partial charge in [0.25, 0.3) is 5.09 Å². The first-order valence-corrected chi connectivity index (χ1v) is 15.2. The number of nitrogens with zero attached hydrogens (tertiary/aromatic N) is 4. The average molecular weight is 550 g/mol. The Morgan fingerprint density at radius 3 is 1.79 bits per heavy atom. The van der Waals surface area contributed by atoms with Crippen molar-refractivity contribution in [1.82, 2.24) is 9.88 Å². The van der Waals surface area contributed by atoms with E-state index in [1.165, 1.54) is 64.2 Å². The highest BCUT2D eigenvalue weighted by molar-refractivity contribution is 5.87. The predicted octanol–water partition coefficient (Wildman–Crippen LogP) is 4.81. The van der Waals surface area contributed by atoms with Gasteiger partial charge < -0.3 is 24.9 Å². The first-order valence-electron chi connectivity index (χ1n) is 15.2. The van der Waals surface area contributed by atoms with Crippen LogP contribution in [0.5, 0.6) is 0 Å². The first kappa shape index (κ1) is 32.9. The highest BCUT2D eigenvalue weighted by Gasteiger charge is 2.18. The third-order valence-electron chi connectivity index (χ3n) is 7.59. The van der Waals surface area contributed by atoms with Gasteiger partial charge in [0.1, 0.15) is 5.82 Å². The van der Waals surface area contributed by atoms with Crippen LogP contribution in [0.4, 0.5) is 5.82 Å². The van der Waals surface area contributed by atoms with Crippen molar-refractivity contribution in [1.29, 1.82) is 0 Å². The molecule has 0 spiro atoms. The summed E-state index contributed by atoms with van der Waals surface area (Å²) in [6.07, 6.45) is 20.1. The normalized spacial score (nSPS) is 14.9. The summed E-state index contributed by atoms with van der Waals surface area (Å²) in [5.74, 6) is 0.462. The molecule has 1 amide bonds. The van der Waals surface area contributed by atoms with Crippen LogP contribution in [0.15, 0.2) is 18.3 Å². The molecule has 1 saturated heterocycles. The summed E-state index contributed by atoms with van der Waals surface area (Å²) in [4.78, 5) is 35.8. The molecule has 39 heavy (non-hydrogen) atoms. The van der Waals surface area contributed by atoms with Gasteiger partial charge >= 0.3 is 5.91 Å². The van der Waals surface area contributed by atoms with Gasteiger partial charge in [0, 0.05) is 32.4 Å². The van der Waals surface area contributed by atoms with Gasteiger partial charge in [-0.2, -0.15) is 0 Å². The third-order valence-corrected chi connectivity index (χ3v) is 7.59. The maximum Gasteiger partial charge on any atom is 0.345 e. The lowest BCUT2D eigenvalue weighted by Crippen LogP contribution is -3.10. The van der Waals surface area contributed by atoms with Gasteiger partial charge in [-0.3, -0.25) is 0 Å². The number of amides is 1. The number of hydrogen-bond acceptors (Lipinski definition) is 8. The standard InChI is InChI=1S/C29H51N5O5/c1-31-21-23-32(24-22-31)28-19-18-27(26-30-28)29(35)33(36)20-16-14-12-10-8-6-4-2-3-5-7-9-11-13-15-17-25-39-34(37)38/h18-19,26,33H,2-17,20-25H2,1H3. The lowest BCUT2D eigenvalue weighted by atomic mass is 10.0. The van der Waals surface area contributed by atoms with Crippen LogP contribution in [0, 0.1) is 15.3 Å². The summed E-state index contributed by atoms with van der Waals surface area (Å²) in [6.45, 7) is 4.40. The number of quaternary nitrogens is 1. The SMILES string of the molecule is CN1CCN(c2ccc(C(=O)[NH+]([O-])CCCCCCCCCCCCCCCCCCO[N+](=O)[O-])cn2)CC1. The summed E-state index contributed by atoms with van der Waals surface area (Å²) in [5.41, 5.74) is 0.399. The van der Waals surface area contributed by atoms with Crippen LogP contribution in [0.25, 0.3) is 0 Å². The molecule has 1 aliphatic heterocycles. The quantitative estimate of drug-likeness (QED) is 0.124. The number of unbranched alkanes of at least 4 members (excludes halogenated alkanes) is 15. The number of aromatic nitrogens is 1. The zero-order valence-electron chi connectivity index (χ0n) is 24.1. The fourth-order valence-corrected chi connectivity index (χ4v) is 5.02. The van der Waals surface area contributed by atoms with E-state index in [0.29, 0.717) is 12.1 Å². The molecule has 1 N–H and O–H groups in total. The van der Waals surface area contributed by atoms with E-state index >= 15 is 0 Å². The van der Waals surface area contributed by atoms with Crippen molar-refractivity contribution >= 4 is 11.7 Å². The number of anilines is 1. The first-order chi connectivity index (χ1) is 19.0. The van der Waals surface area contributed by atoms with E-state index in [1.807, 2.05) is 6.07 Å². The van der Waals surface area contributed by atoms with Gasteiger partial charge in [-0.25, -0.2) is 9.78 Å². The zero-order valence-corrected chi connectivity index (χ0v) is 24.1.